The minimum absolute atomic E-state index is 0.0223. The first kappa shape index (κ1) is 26.9. The van der Waals surface area contributed by atoms with Crippen LogP contribution in [0.2, 0.25) is 0 Å². The van der Waals surface area contributed by atoms with Crippen LogP contribution in [-0.4, -0.2) is 0 Å². The fourth-order valence-electron chi connectivity index (χ4n) is 7.69. The van der Waals surface area contributed by atoms with Gasteiger partial charge in [-0.15, -0.1) is 22.7 Å². The van der Waals surface area contributed by atoms with Crippen molar-refractivity contribution >= 4 is 80.1 Å². The molecule has 0 bridgehead atoms. The van der Waals surface area contributed by atoms with Crippen LogP contribution < -0.4 is 4.90 Å². The van der Waals surface area contributed by atoms with Gasteiger partial charge in [0.2, 0.25) is 0 Å². The van der Waals surface area contributed by atoms with Gasteiger partial charge in [-0.1, -0.05) is 107 Å². The van der Waals surface area contributed by atoms with E-state index >= 15 is 0 Å². The van der Waals surface area contributed by atoms with Crippen molar-refractivity contribution in [1.29, 1.82) is 0 Å². The Morgan fingerprint density at radius 2 is 1.20 bits per heavy atom. The van der Waals surface area contributed by atoms with Crippen LogP contribution in [-0.2, 0) is 10.8 Å². The third-order valence-corrected chi connectivity index (χ3v) is 12.9. The standard InChI is InChI=1S/C42H33NS2/c1-41(2)33-18-10-8-15-28(33)30-22-24-37-38(39(30)42(41,3)4)31-17-12-19-34(40(31)45-37)43(26-13-6-5-7-14-26)27-21-23-36-32(25-27)29-16-9-11-20-35(29)44-36/h5-25H,1-4H3. The summed E-state index contributed by atoms with van der Waals surface area (Å²) in [6, 6.07) is 47.3. The lowest BCUT2D eigenvalue weighted by Gasteiger charge is -2.48. The summed E-state index contributed by atoms with van der Waals surface area (Å²) in [6.07, 6.45) is 0. The first-order valence-corrected chi connectivity index (χ1v) is 17.3. The second kappa shape index (κ2) is 9.53. The van der Waals surface area contributed by atoms with Crippen molar-refractivity contribution in [2.24, 2.45) is 0 Å². The molecule has 0 saturated heterocycles. The smallest absolute Gasteiger partial charge is 0.0640 e. The van der Waals surface area contributed by atoms with Gasteiger partial charge in [-0.2, -0.15) is 0 Å². The molecule has 218 valence electrons. The second-order valence-corrected chi connectivity index (χ2v) is 15.5. The van der Waals surface area contributed by atoms with E-state index in [9.17, 15) is 0 Å². The average molecular weight is 616 g/mol. The molecular weight excluding hydrogens is 583 g/mol. The van der Waals surface area contributed by atoms with Crippen molar-refractivity contribution in [2.45, 2.75) is 38.5 Å². The topological polar surface area (TPSA) is 3.24 Å². The molecule has 0 N–H and O–H groups in total. The molecule has 0 unspecified atom stereocenters. The predicted octanol–water partition coefficient (Wildman–Crippen LogP) is 13.1. The molecular formula is C42H33NS2. The van der Waals surface area contributed by atoms with Crippen LogP contribution in [0.5, 0.6) is 0 Å². The molecule has 0 fully saturated rings. The van der Waals surface area contributed by atoms with E-state index in [1.54, 1.807) is 0 Å². The van der Waals surface area contributed by atoms with E-state index in [1.165, 1.54) is 79.7 Å². The van der Waals surface area contributed by atoms with Crippen molar-refractivity contribution < 1.29 is 0 Å². The molecule has 0 amide bonds. The summed E-state index contributed by atoms with van der Waals surface area (Å²) in [5.74, 6) is 0. The molecule has 0 saturated carbocycles. The average Bonchev–Trinajstić information content (AvgIpc) is 3.63. The quantitative estimate of drug-likeness (QED) is 0.191. The van der Waals surface area contributed by atoms with Crippen LogP contribution in [0.1, 0.15) is 38.8 Å². The maximum absolute atomic E-state index is 2.46. The number of fused-ring (bicyclic) bond motifs is 10. The fraction of sp³-hybridized carbons (Fsp3) is 0.143. The number of hydrogen-bond acceptors (Lipinski definition) is 3. The van der Waals surface area contributed by atoms with Crippen molar-refractivity contribution in [3.63, 3.8) is 0 Å². The number of nitrogens with zero attached hydrogens (tertiary/aromatic N) is 1. The summed E-state index contributed by atoms with van der Waals surface area (Å²) < 4.78 is 5.34. The molecule has 0 spiro atoms. The highest BCUT2D eigenvalue weighted by Crippen LogP contribution is 2.58. The van der Waals surface area contributed by atoms with E-state index in [0.717, 1.165) is 0 Å². The summed E-state index contributed by atoms with van der Waals surface area (Å²) in [5, 5.41) is 5.39. The van der Waals surface area contributed by atoms with Crippen LogP contribution in [0.4, 0.5) is 17.1 Å². The summed E-state index contributed by atoms with van der Waals surface area (Å²) in [5.41, 5.74) is 9.15. The van der Waals surface area contributed by atoms with E-state index < -0.39 is 0 Å². The molecule has 6 aromatic carbocycles. The SMILES string of the molecule is CC1(C)c2ccccc2-c2ccc3sc4c(N(c5ccccc5)c5ccc6sc7ccccc7c6c5)cccc4c3c2C1(C)C. The summed E-state index contributed by atoms with van der Waals surface area (Å²) in [6.45, 7) is 9.75. The molecule has 9 rings (SSSR count). The predicted molar refractivity (Wildman–Crippen MR) is 198 cm³/mol. The molecule has 0 aliphatic heterocycles. The van der Waals surface area contributed by atoms with Gasteiger partial charge in [0.25, 0.3) is 0 Å². The Morgan fingerprint density at radius 1 is 0.489 bits per heavy atom. The number of para-hydroxylation sites is 1. The lowest BCUT2D eigenvalue weighted by molar-refractivity contribution is 0.301. The van der Waals surface area contributed by atoms with Crippen molar-refractivity contribution in [3.05, 3.63) is 139 Å². The minimum atomic E-state index is -0.0651. The molecule has 0 radical (unpaired) electrons. The summed E-state index contributed by atoms with van der Waals surface area (Å²) in [7, 11) is 0. The van der Waals surface area contributed by atoms with Gasteiger partial charge < -0.3 is 4.90 Å². The van der Waals surface area contributed by atoms with Gasteiger partial charge in [0.05, 0.1) is 10.4 Å². The molecule has 1 nitrogen and oxygen atoms in total. The first-order valence-electron chi connectivity index (χ1n) is 15.7. The van der Waals surface area contributed by atoms with Gasteiger partial charge in [-0.25, -0.2) is 0 Å². The molecule has 8 aromatic rings. The Balaban J connectivity index is 1.34. The maximum Gasteiger partial charge on any atom is 0.0640 e. The van der Waals surface area contributed by atoms with Gasteiger partial charge in [0, 0.05) is 52.4 Å². The van der Waals surface area contributed by atoms with Crippen molar-refractivity contribution in [1.82, 2.24) is 0 Å². The number of hydrogen-bond donors (Lipinski definition) is 0. The third kappa shape index (κ3) is 3.72. The molecule has 2 aromatic heterocycles. The van der Waals surface area contributed by atoms with E-state index in [0.29, 0.717) is 0 Å². The van der Waals surface area contributed by atoms with Gasteiger partial charge in [0.15, 0.2) is 0 Å². The number of anilines is 3. The van der Waals surface area contributed by atoms with Gasteiger partial charge in [0.1, 0.15) is 0 Å². The maximum atomic E-state index is 2.46. The lowest BCUT2D eigenvalue weighted by atomic mass is 9.55. The zero-order valence-corrected chi connectivity index (χ0v) is 27.5. The van der Waals surface area contributed by atoms with Gasteiger partial charge >= 0.3 is 0 Å². The first-order chi connectivity index (χ1) is 21.8. The van der Waals surface area contributed by atoms with E-state index in [4.69, 9.17) is 0 Å². The molecule has 1 aliphatic rings. The highest BCUT2D eigenvalue weighted by atomic mass is 32.1. The molecule has 1 aliphatic carbocycles. The monoisotopic (exact) mass is 615 g/mol. The van der Waals surface area contributed by atoms with Crippen molar-refractivity contribution in [3.8, 4) is 11.1 Å². The normalized spacial score (nSPS) is 15.0. The third-order valence-electron chi connectivity index (χ3n) is 10.6. The van der Waals surface area contributed by atoms with Gasteiger partial charge in [-0.05, 0) is 76.2 Å². The van der Waals surface area contributed by atoms with Crippen molar-refractivity contribution in [2.75, 3.05) is 4.90 Å². The number of rotatable bonds is 3. The summed E-state index contributed by atoms with van der Waals surface area (Å²) in [4.78, 5) is 2.46. The molecule has 3 heteroatoms. The molecule has 0 atom stereocenters. The second-order valence-electron chi connectivity index (χ2n) is 13.4. The Kier molecular flexibility index (Phi) is 5.70. The van der Waals surface area contributed by atoms with E-state index in [1.807, 2.05) is 22.7 Å². The Labute approximate surface area is 272 Å². The number of benzene rings is 6. The highest BCUT2D eigenvalue weighted by Gasteiger charge is 2.47. The fourth-order valence-corrected chi connectivity index (χ4v) is 9.99. The Morgan fingerprint density at radius 3 is 2.07 bits per heavy atom. The van der Waals surface area contributed by atoms with Crippen LogP contribution >= 0.6 is 22.7 Å². The molecule has 45 heavy (non-hydrogen) atoms. The zero-order valence-electron chi connectivity index (χ0n) is 25.9. The van der Waals surface area contributed by atoms with Gasteiger partial charge in [-0.3, -0.25) is 0 Å². The highest BCUT2D eigenvalue weighted by molar-refractivity contribution is 7.26. The van der Waals surface area contributed by atoms with E-state index in [-0.39, 0.29) is 10.8 Å². The number of thiophene rings is 2. The largest absolute Gasteiger partial charge is 0.309 e. The van der Waals surface area contributed by atoms with Crippen LogP contribution in [0.3, 0.4) is 0 Å². The van der Waals surface area contributed by atoms with E-state index in [2.05, 4.69) is 160 Å². The van der Waals surface area contributed by atoms with Crippen LogP contribution in [0, 0.1) is 0 Å². The Bertz CT molecular complexity index is 2440. The zero-order chi connectivity index (χ0) is 30.5. The van der Waals surface area contributed by atoms with Crippen LogP contribution in [0.25, 0.3) is 51.5 Å². The Hall–Kier alpha value is -4.44. The minimum Gasteiger partial charge on any atom is -0.309 e. The lowest BCUT2D eigenvalue weighted by Crippen LogP contribution is -2.43. The van der Waals surface area contributed by atoms with Crippen LogP contribution in [0.15, 0.2) is 127 Å². The summed E-state index contributed by atoms with van der Waals surface area (Å²) >= 11 is 3.80. The molecule has 2 heterocycles.